The van der Waals surface area contributed by atoms with Crippen LogP contribution in [0.4, 0.5) is 0 Å². The second-order valence-corrected chi connectivity index (χ2v) is 7.38. The summed E-state index contributed by atoms with van der Waals surface area (Å²) in [7, 11) is 0. The van der Waals surface area contributed by atoms with Gasteiger partial charge in [0.05, 0.1) is 5.75 Å². The lowest BCUT2D eigenvalue weighted by Crippen LogP contribution is -2.19. The van der Waals surface area contributed by atoms with Crippen molar-refractivity contribution in [2.45, 2.75) is 51.2 Å². The van der Waals surface area contributed by atoms with Crippen LogP contribution in [0.3, 0.4) is 0 Å². The van der Waals surface area contributed by atoms with E-state index in [0.717, 1.165) is 23.5 Å². The molecule has 0 spiro atoms. The summed E-state index contributed by atoms with van der Waals surface area (Å²) in [4.78, 5) is 15.1. The fraction of sp³-hybridized carbons (Fsp3) is 0.714. The molecule has 0 saturated heterocycles. The predicted molar refractivity (Wildman–Crippen MR) is 76.6 cm³/mol. The van der Waals surface area contributed by atoms with Crippen LogP contribution in [0.2, 0.25) is 0 Å². The summed E-state index contributed by atoms with van der Waals surface area (Å²) >= 11 is 1.32. The maximum atomic E-state index is 10.7. The fourth-order valence-corrected chi connectivity index (χ4v) is 2.97. The fourth-order valence-electron chi connectivity index (χ4n) is 2.26. The van der Waals surface area contributed by atoms with Crippen LogP contribution in [0.1, 0.15) is 39.8 Å². The molecule has 1 fully saturated rings. The molecule has 1 saturated carbocycles. The molecule has 2 rings (SSSR count). The molecule has 1 aromatic rings. The van der Waals surface area contributed by atoms with Crippen LogP contribution < -0.4 is 0 Å². The van der Waals surface area contributed by atoms with Crippen molar-refractivity contribution >= 4 is 17.7 Å². The zero-order chi connectivity index (χ0) is 14.2. The molecular formula is C14H22N2O2S. The summed E-state index contributed by atoms with van der Waals surface area (Å²) in [6, 6.07) is 0. The van der Waals surface area contributed by atoms with Crippen LogP contribution in [-0.2, 0) is 16.8 Å². The number of rotatable bonds is 5. The van der Waals surface area contributed by atoms with Gasteiger partial charge in [-0.25, -0.2) is 4.98 Å². The van der Waals surface area contributed by atoms with Crippen molar-refractivity contribution in [3.63, 3.8) is 0 Å². The van der Waals surface area contributed by atoms with Crippen LogP contribution in [-0.4, -0.2) is 26.4 Å². The van der Waals surface area contributed by atoms with Gasteiger partial charge < -0.3 is 9.67 Å². The van der Waals surface area contributed by atoms with Gasteiger partial charge in [0.15, 0.2) is 5.16 Å². The monoisotopic (exact) mass is 282 g/mol. The predicted octanol–water partition coefficient (Wildman–Crippen LogP) is 3.01. The summed E-state index contributed by atoms with van der Waals surface area (Å²) in [6.07, 6.45) is 3.17. The average molecular weight is 282 g/mol. The van der Waals surface area contributed by atoms with Gasteiger partial charge >= 0.3 is 5.97 Å². The number of carboxylic acids is 1. The zero-order valence-corrected chi connectivity index (χ0v) is 12.8. The average Bonchev–Trinajstić information content (AvgIpc) is 2.81. The SMILES string of the molecule is CC1CC1Cn1c(C(C)(C)C)cnc1SCC(=O)O. The number of aliphatic carboxylic acids is 1. The molecule has 1 heterocycles. The molecule has 0 radical (unpaired) electrons. The molecule has 0 aliphatic heterocycles. The lowest BCUT2D eigenvalue weighted by atomic mass is 9.92. The number of imidazole rings is 1. The Morgan fingerprint density at radius 3 is 2.68 bits per heavy atom. The van der Waals surface area contributed by atoms with E-state index < -0.39 is 5.97 Å². The standard InChI is InChI=1S/C14H22N2O2S/c1-9-5-10(9)7-16-11(14(2,3)4)6-15-13(16)19-8-12(17)18/h6,9-10H,5,7-8H2,1-4H3,(H,17,18). The number of nitrogens with zero attached hydrogens (tertiary/aromatic N) is 2. The van der Waals surface area contributed by atoms with Gasteiger partial charge in [0, 0.05) is 23.9 Å². The Hall–Kier alpha value is -0.970. The highest BCUT2D eigenvalue weighted by atomic mass is 32.2. The minimum absolute atomic E-state index is 0.0349. The molecule has 2 atom stereocenters. The van der Waals surface area contributed by atoms with Gasteiger partial charge in [-0.3, -0.25) is 4.79 Å². The number of hydrogen-bond acceptors (Lipinski definition) is 3. The van der Waals surface area contributed by atoms with Crippen molar-refractivity contribution in [2.24, 2.45) is 11.8 Å². The third-order valence-corrected chi connectivity index (χ3v) is 4.58. The van der Waals surface area contributed by atoms with E-state index in [-0.39, 0.29) is 11.2 Å². The van der Waals surface area contributed by atoms with Crippen molar-refractivity contribution in [1.29, 1.82) is 0 Å². The molecule has 19 heavy (non-hydrogen) atoms. The summed E-state index contributed by atoms with van der Waals surface area (Å²) in [6.45, 7) is 9.74. The quantitative estimate of drug-likeness (QED) is 0.843. The van der Waals surface area contributed by atoms with Crippen LogP contribution in [0, 0.1) is 11.8 Å². The van der Waals surface area contributed by atoms with Gasteiger partial charge in [-0.05, 0) is 18.3 Å². The summed E-state index contributed by atoms with van der Waals surface area (Å²) in [5.74, 6) is 0.782. The van der Waals surface area contributed by atoms with E-state index in [0.29, 0.717) is 0 Å². The Bertz CT molecular complexity index is 476. The Labute approximate surface area is 118 Å². The molecule has 106 valence electrons. The van der Waals surface area contributed by atoms with Gasteiger partial charge in [0.1, 0.15) is 0 Å². The largest absolute Gasteiger partial charge is 0.481 e. The van der Waals surface area contributed by atoms with E-state index in [1.54, 1.807) is 0 Å². The molecule has 1 N–H and O–H groups in total. The van der Waals surface area contributed by atoms with Crippen molar-refractivity contribution in [2.75, 3.05) is 5.75 Å². The van der Waals surface area contributed by atoms with E-state index in [2.05, 4.69) is 37.2 Å². The summed E-state index contributed by atoms with van der Waals surface area (Å²) in [5.41, 5.74) is 1.23. The first-order chi connectivity index (χ1) is 8.79. The van der Waals surface area contributed by atoms with Crippen molar-refractivity contribution < 1.29 is 9.90 Å². The minimum Gasteiger partial charge on any atom is -0.481 e. The second-order valence-electron chi connectivity index (χ2n) is 6.44. The van der Waals surface area contributed by atoms with Crippen LogP contribution in [0.25, 0.3) is 0 Å². The molecule has 1 aliphatic rings. The molecule has 1 aliphatic carbocycles. The molecule has 2 unspecified atom stereocenters. The number of aromatic nitrogens is 2. The lowest BCUT2D eigenvalue weighted by molar-refractivity contribution is -0.133. The maximum Gasteiger partial charge on any atom is 0.313 e. The highest BCUT2D eigenvalue weighted by Crippen LogP contribution is 2.41. The van der Waals surface area contributed by atoms with Crippen molar-refractivity contribution in [1.82, 2.24) is 9.55 Å². The van der Waals surface area contributed by atoms with Crippen LogP contribution in [0.5, 0.6) is 0 Å². The smallest absolute Gasteiger partial charge is 0.313 e. The molecule has 1 aromatic heterocycles. The number of carbonyl (C=O) groups is 1. The minimum atomic E-state index is -0.795. The normalized spacial score (nSPS) is 22.5. The Balaban J connectivity index is 2.21. The van der Waals surface area contributed by atoms with E-state index in [9.17, 15) is 4.79 Å². The van der Waals surface area contributed by atoms with E-state index in [1.807, 2.05) is 6.20 Å². The molecule has 0 aromatic carbocycles. The summed E-state index contributed by atoms with van der Waals surface area (Å²) in [5, 5.41) is 9.65. The molecule has 5 heteroatoms. The second kappa shape index (κ2) is 5.19. The van der Waals surface area contributed by atoms with E-state index >= 15 is 0 Å². The first kappa shape index (κ1) is 14.4. The number of carboxylic acid groups (broad SMARTS) is 1. The van der Waals surface area contributed by atoms with Gasteiger partial charge in [-0.1, -0.05) is 39.5 Å². The third kappa shape index (κ3) is 3.53. The van der Waals surface area contributed by atoms with Crippen molar-refractivity contribution in [3.05, 3.63) is 11.9 Å². The van der Waals surface area contributed by atoms with Crippen molar-refractivity contribution in [3.8, 4) is 0 Å². The Kier molecular flexibility index (Phi) is 3.95. The highest BCUT2D eigenvalue weighted by molar-refractivity contribution is 7.99. The zero-order valence-electron chi connectivity index (χ0n) is 12.0. The maximum absolute atomic E-state index is 10.7. The Morgan fingerprint density at radius 1 is 1.58 bits per heavy atom. The first-order valence-corrected chi connectivity index (χ1v) is 7.68. The van der Waals surface area contributed by atoms with E-state index in [1.165, 1.54) is 23.9 Å². The molecule has 0 amide bonds. The van der Waals surface area contributed by atoms with Gasteiger partial charge in [0.25, 0.3) is 0 Å². The van der Waals surface area contributed by atoms with Crippen LogP contribution >= 0.6 is 11.8 Å². The highest BCUT2D eigenvalue weighted by Gasteiger charge is 2.34. The Morgan fingerprint density at radius 2 is 2.21 bits per heavy atom. The first-order valence-electron chi connectivity index (χ1n) is 6.69. The lowest BCUT2D eigenvalue weighted by Gasteiger charge is -2.21. The number of hydrogen-bond donors (Lipinski definition) is 1. The van der Waals surface area contributed by atoms with Gasteiger partial charge in [-0.15, -0.1) is 0 Å². The topological polar surface area (TPSA) is 55.1 Å². The molecular weight excluding hydrogens is 260 g/mol. The number of thioether (sulfide) groups is 1. The molecule has 4 nitrogen and oxygen atoms in total. The third-order valence-electron chi connectivity index (χ3n) is 3.61. The van der Waals surface area contributed by atoms with Gasteiger partial charge in [-0.2, -0.15) is 0 Å². The summed E-state index contributed by atoms with van der Waals surface area (Å²) < 4.78 is 2.22. The van der Waals surface area contributed by atoms with E-state index in [4.69, 9.17) is 5.11 Å². The van der Waals surface area contributed by atoms with Gasteiger partial charge in [0.2, 0.25) is 0 Å². The molecule has 0 bridgehead atoms. The van der Waals surface area contributed by atoms with Crippen LogP contribution in [0.15, 0.2) is 11.4 Å².